The van der Waals surface area contributed by atoms with Gasteiger partial charge in [-0.25, -0.2) is 4.98 Å². The summed E-state index contributed by atoms with van der Waals surface area (Å²) in [6, 6.07) is 12.7. The van der Waals surface area contributed by atoms with Gasteiger partial charge in [0, 0.05) is 18.1 Å². The van der Waals surface area contributed by atoms with Crippen molar-refractivity contribution in [1.29, 1.82) is 0 Å². The van der Waals surface area contributed by atoms with Gasteiger partial charge in [0.15, 0.2) is 11.7 Å². The second-order valence-corrected chi connectivity index (χ2v) is 8.03. The van der Waals surface area contributed by atoms with E-state index in [1.54, 1.807) is 23.1 Å². The number of thiazole rings is 1. The van der Waals surface area contributed by atoms with Crippen molar-refractivity contribution in [3.63, 3.8) is 0 Å². The lowest BCUT2D eigenvalue weighted by molar-refractivity contribution is -0.120. The fourth-order valence-corrected chi connectivity index (χ4v) is 3.88. The highest BCUT2D eigenvalue weighted by Crippen LogP contribution is 2.30. The normalized spacial score (nSPS) is 10.8. The molecule has 0 saturated heterocycles. The van der Waals surface area contributed by atoms with Crippen LogP contribution in [-0.4, -0.2) is 49.6 Å². The fraction of sp³-hybridized carbons (Fsp3) is 0.263. The number of halogens is 3. The van der Waals surface area contributed by atoms with Gasteiger partial charge in [-0.3, -0.25) is 9.69 Å². The van der Waals surface area contributed by atoms with Gasteiger partial charge < -0.3 is 9.64 Å². The highest BCUT2D eigenvalue weighted by atomic mass is 35.5. The Kier molecular flexibility index (Phi) is 8.34. The zero-order chi connectivity index (χ0) is 19.4. The molecule has 0 saturated carbocycles. The Balaban J connectivity index is 0.00000280. The number of carbonyl (C=O) groups is 1. The molecule has 0 atom stereocenters. The number of fused-ring (bicyclic) bond motifs is 1. The van der Waals surface area contributed by atoms with Gasteiger partial charge in [0.05, 0.1) is 15.2 Å². The van der Waals surface area contributed by atoms with Crippen LogP contribution >= 0.6 is 46.9 Å². The maximum Gasteiger partial charge on any atom is 0.266 e. The Morgan fingerprint density at radius 2 is 1.89 bits per heavy atom. The minimum atomic E-state index is -0.179. The molecule has 0 unspecified atom stereocenters. The molecule has 1 heterocycles. The topological polar surface area (TPSA) is 45.7 Å². The number of rotatable bonds is 7. The number of nitrogens with zero attached hydrogens (tertiary/aromatic N) is 3. The van der Waals surface area contributed by atoms with Crippen LogP contribution in [0, 0.1) is 0 Å². The van der Waals surface area contributed by atoms with Gasteiger partial charge in [-0.15, -0.1) is 12.4 Å². The third kappa shape index (κ3) is 5.72. The van der Waals surface area contributed by atoms with Crippen LogP contribution in [0.2, 0.25) is 10.0 Å². The number of hydrogen-bond acceptors (Lipinski definition) is 5. The first kappa shape index (κ1) is 22.7. The number of para-hydroxylation sites is 1. The maximum absolute atomic E-state index is 12.9. The minimum Gasteiger partial charge on any atom is -0.482 e. The molecule has 150 valence electrons. The number of aromatic nitrogens is 1. The Bertz CT molecular complexity index is 916. The fourth-order valence-electron chi connectivity index (χ4n) is 2.41. The van der Waals surface area contributed by atoms with E-state index < -0.39 is 0 Å². The van der Waals surface area contributed by atoms with Gasteiger partial charge in [0.25, 0.3) is 5.91 Å². The van der Waals surface area contributed by atoms with Crippen molar-refractivity contribution >= 4 is 68.2 Å². The number of ether oxygens (including phenoxy) is 1. The Labute approximate surface area is 184 Å². The van der Waals surface area contributed by atoms with E-state index in [0.29, 0.717) is 34.0 Å². The van der Waals surface area contributed by atoms with Crippen molar-refractivity contribution in [2.24, 2.45) is 0 Å². The Morgan fingerprint density at radius 1 is 1.14 bits per heavy atom. The third-order valence-corrected chi connectivity index (χ3v) is 5.42. The molecule has 3 aromatic rings. The summed E-state index contributed by atoms with van der Waals surface area (Å²) in [6.45, 7) is 1.09. The molecule has 28 heavy (non-hydrogen) atoms. The summed E-state index contributed by atoms with van der Waals surface area (Å²) in [7, 11) is 3.93. The highest BCUT2D eigenvalue weighted by Gasteiger charge is 2.20. The van der Waals surface area contributed by atoms with Crippen molar-refractivity contribution in [2.45, 2.75) is 0 Å². The van der Waals surface area contributed by atoms with E-state index in [0.717, 1.165) is 10.2 Å². The average Bonchev–Trinajstić information content (AvgIpc) is 3.04. The number of carbonyl (C=O) groups excluding carboxylic acids is 1. The van der Waals surface area contributed by atoms with Gasteiger partial charge in [-0.1, -0.05) is 46.7 Å². The zero-order valence-electron chi connectivity index (χ0n) is 15.4. The van der Waals surface area contributed by atoms with Crippen molar-refractivity contribution in [2.75, 3.05) is 38.7 Å². The molecular formula is C19H20Cl3N3O2S. The minimum absolute atomic E-state index is 0. The maximum atomic E-state index is 12.9. The predicted octanol–water partition coefficient (Wildman–Crippen LogP) is 5.00. The number of anilines is 1. The third-order valence-electron chi connectivity index (χ3n) is 3.83. The summed E-state index contributed by atoms with van der Waals surface area (Å²) in [5.41, 5.74) is 0.877. The summed E-state index contributed by atoms with van der Waals surface area (Å²) >= 11 is 13.5. The van der Waals surface area contributed by atoms with Crippen LogP contribution in [0.1, 0.15) is 0 Å². The van der Waals surface area contributed by atoms with Gasteiger partial charge in [0.2, 0.25) is 0 Å². The zero-order valence-corrected chi connectivity index (χ0v) is 18.5. The van der Waals surface area contributed by atoms with Crippen molar-refractivity contribution in [3.05, 3.63) is 52.5 Å². The van der Waals surface area contributed by atoms with E-state index in [-0.39, 0.29) is 24.9 Å². The lowest BCUT2D eigenvalue weighted by atomic mass is 10.3. The van der Waals surface area contributed by atoms with Crippen LogP contribution in [0.25, 0.3) is 10.2 Å². The van der Waals surface area contributed by atoms with Crippen LogP contribution in [0.5, 0.6) is 5.75 Å². The lowest BCUT2D eigenvalue weighted by Crippen LogP contribution is -2.39. The molecule has 0 spiro atoms. The van der Waals surface area contributed by atoms with Gasteiger partial charge in [-0.05, 0) is 44.4 Å². The van der Waals surface area contributed by atoms with Crippen molar-refractivity contribution in [3.8, 4) is 5.75 Å². The largest absolute Gasteiger partial charge is 0.482 e. The first-order valence-electron chi connectivity index (χ1n) is 8.32. The van der Waals surface area contributed by atoms with Gasteiger partial charge in [-0.2, -0.15) is 0 Å². The van der Waals surface area contributed by atoms with Crippen LogP contribution in [0.4, 0.5) is 5.13 Å². The number of amides is 1. The molecular weight excluding hydrogens is 441 g/mol. The molecule has 0 N–H and O–H groups in total. The van der Waals surface area contributed by atoms with Crippen LogP contribution < -0.4 is 9.64 Å². The number of benzene rings is 2. The van der Waals surface area contributed by atoms with Crippen LogP contribution in [-0.2, 0) is 4.79 Å². The Morgan fingerprint density at radius 3 is 2.57 bits per heavy atom. The molecule has 0 aliphatic heterocycles. The van der Waals surface area contributed by atoms with Crippen LogP contribution in [0.15, 0.2) is 42.5 Å². The predicted molar refractivity (Wildman–Crippen MR) is 120 cm³/mol. The molecule has 0 bridgehead atoms. The van der Waals surface area contributed by atoms with E-state index in [1.807, 2.05) is 43.3 Å². The quantitative estimate of drug-likeness (QED) is 0.498. The molecule has 2 aromatic carbocycles. The van der Waals surface area contributed by atoms with Crippen molar-refractivity contribution < 1.29 is 9.53 Å². The second kappa shape index (κ2) is 10.3. The number of likely N-dealkylation sites (N-methyl/N-ethyl adjacent to an activating group) is 1. The molecule has 1 aromatic heterocycles. The second-order valence-electron chi connectivity index (χ2n) is 6.18. The molecule has 1 amide bonds. The lowest BCUT2D eigenvalue weighted by Gasteiger charge is -2.22. The van der Waals surface area contributed by atoms with E-state index >= 15 is 0 Å². The van der Waals surface area contributed by atoms with E-state index in [2.05, 4.69) is 4.98 Å². The molecule has 3 rings (SSSR count). The van der Waals surface area contributed by atoms with Crippen LogP contribution in [0.3, 0.4) is 0 Å². The SMILES string of the molecule is CN(C)CCN(C(=O)COc1ccc(Cl)cc1Cl)c1nc2ccccc2s1.Cl. The summed E-state index contributed by atoms with van der Waals surface area (Å²) < 4.78 is 6.66. The summed E-state index contributed by atoms with van der Waals surface area (Å²) in [5.74, 6) is 0.244. The summed E-state index contributed by atoms with van der Waals surface area (Å²) in [6.07, 6.45) is 0. The number of hydrogen-bond donors (Lipinski definition) is 0. The van der Waals surface area contributed by atoms with Gasteiger partial charge in [0.1, 0.15) is 5.75 Å². The molecule has 0 fully saturated rings. The van der Waals surface area contributed by atoms with Gasteiger partial charge >= 0.3 is 0 Å². The summed E-state index contributed by atoms with van der Waals surface area (Å²) in [5, 5.41) is 1.55. The molecule has 5 nitrogen and oxygen atoms in total. The molecule has 9 heteroatoms. The smallest absolute Gasteiger partial charge is 0.266 e. The monoisotopic (exact) mass is 459 g/mol. The molecule has 0 radical (unpaired) electrons. The van der Waals surface area contributed by atoms with E-state index in [9.17, 15) is 4.79 Å². The average molecular weight is 461 g/mol. The first-order chi connectivity index (χ1) is 12.9. The van der Waals surface area contributed by atoms with E-state index in [4.69, 9.17) is 27.9 Å². The first-order valence-corrected chi connectivity index (χ1v) is 9.90. The Hall–Kier alpha value is -1.57. The van der Waals surface area contributed by atoms with Crippen molar-refractivity contribution in [1.82, 2.24) is 9.88 Å². The highest BCUT2D eigenvalue weighted by molar-refractivity contribution is 7.22. The molecule has 0 aliphatic rings. The van der Waals surface area contributed by atoms with E-state index in [1.165, 1.54) is 11.3 Å². The summed E-state index contributed by atoms with van der Waals surface area (Å²) in [4.78, 5) is 21.1. The standard InChI is InChI=1S/C19H19Cl2N3O2S.ClH/c1-23(2)9-10-24(19-22-15-5-3-4-6-17(15)27-19)18(25)12-26-16-8-7-13(20)11-14(16)21;/h3-8,11H,9-10,12H2,1-2H3;1H. The molecule has 0 aliphatic carbocycles.